The van der Waals surface area contributed by atoms with Gasteiger partial charge in [-0.15, -0.1) is 0 Å². The van der Waals surface area contributed by atoms with Crippen molar-refractivity contribution in [2.24, 2.45) is 0 Å². The highest BCUT2D eigenvalue weighted by atomic mass is 32.2. The Kier molecular flexibility index (Phi) is 4.57. The number of fused-ring (bicyclic) bond motifs is 1. The molecule has 0 bridgehead atoms. The summed E-state index contributed by atoms with van der Waals surface area (Å²) in [4.78, 5) is 0. The molecule has 1 aromatic rings. The first kappa shape index (κ1) is 14.5. The third-order valence-corrected chi connectivity index (χ3v) is 5.02. The lowest BCUT2D eigenvalue weighted by atomic mass is 10.0. The second kappa shape index (κ2) is 6.00. The van der Waals surface area contributed by atoms with Crippen LogP contribution in [0.15, 0.2) is 24.3 Å². The smallest absolute Gasteiger partial charge is 0.279 e. The van der Waals surface area contributed by atoms with Crippen LogP contribution >= 0.6 is 0 Å². The van der Waals surface area contributed by atoms with Crippen molar-refractivity contribution in [3.8, 4) is 0 Å². The molecule has 0 radical (unpaired) electrons. The zero-order chi connectivity index (χ0) is 13.9. The first-order valence-electron chi connectivity index (χ1n) is 6.51. The summed E-state index contributed by atoms with van der Waals surface area (Å²) in [7, 11) is -1.57. The maximum atomic E-state index is 12.2. The zero-order valence-electron chi connectivity index (χ0n) is 11.4. The van der Waals surface area contributed by atoms with Gasteiger partial charge in [0.15, 0.2) is 0 Å². The first-order valence-corrected chi connectivity index (χ1v) is 7.95. The minimum atomic E-state index is -3.39. The second-order valence-corrected chi connectivity index (χ2v) is 6.65. The molecule has 2 rings (SSSR count). The van der Waals surface area contributed by atoms with Crippen LogP contribution in [0, 0.1) is 0 Å². The van der Waals surface area contributed by atoms with Gasteiger partial charge < -0.3 is 5.32 Å². The summed E-state index contributed by atoms with van der Waals surface area (Å²) < 4.78 is 28.6. The highest BCUT2D eigenvalue weighted by Gasteiger charge is 2.26. The number of likely N-dealkylation sites (N-methyl/N-ethyl adjacent to an activating group) is 1. The summed E-state index contributed by atoms with van der Waals surface area (Å²) in [6, 6.07) is 8.12. The van der Waals surface area contributed by atoms with E-state index in [2.05, 4.69) is 16.1 Å². The topological polar surface area (TPSA) is 61.4 Å². The molecule has 6 heteroatoms. The summed E-state index contributed by atoms with van der Waals surface area (Å²) in [6.45, 7) is 3.34. The zero-order valence-corrected chi connectivity index (χ0v) is 12.2. The third-order valence-electron chi connectivity index (χ3n) is 3.50. The SMILES string of the molecule is CNC(C)CNS(=O)(=O)N1CCc2ccccc2C1. The van der Waals surface area contributed by atoms with Gasteiger partial charge in [-0.1, -0.05) is 24.3 Å². The maximum absolute atomic E-state index is 12.2. The molecule has 0 aliphatic carbocycles. The molecule has 19 heavy (non-hydrogen) atoms. The highest BCUT2D eigenvalue weighted by molar-refractivity contribution is 7.87. The molecule has 0 saturated carbocycles. The Hall–Kier alpha value is -0.950. The van der Waals surface area contributed by atoms with Crippen LogP contribution in [0.3, 0.4) is 0 Å². The van der Waals surface area contributed by atoms with Gasteiger partial charge in [0, 0.05) is 25.7 Å². The Balaban J connectivity index is 2.03. The molecule has 0 fully saturated rings. The van der Waals surface area contributed by atoms with Crippen LogP contribution in [0.1, 0.15) is 18.1 Å². The molecule has 5 nitrogen and oxygen atoms in total. The van der Waals surface area contributed by atoms with Crippen molar-refractivity contribution in [1.82, 2.24) is 14.3 Å². The second-order valence-electron chi connectivity index (χ2n) is 4.90. The largest absolute Gasteiger partial charge is 0.316 e. The average molecular weight is 283 g/mol. The Morgan fingerprint density at radius 2 is 2.00 bits per heavy atom. The fourth-order valence-electron chi connectivity index (χ4n) is 2.10. The molecule has 2 N–H and O–H groups in total. The van der Waals surface area contributed by atoms with Gasteiger partial charge >= 0.3 is 0 Å². The van der Waals surface area contributed by atoms with Crippen molar-refractivity contribution in [2.75, 3.05) is 20.1 Å². The highest BCUT2D eigenvalue weighted by Crippen LogP contribution is 2.20. The predicted molar refractivity (Wildman–Crippen MR) is 76.0 cm³/mol. The van der Waals surface area contributed by atoms with E-state index in [-0.39, 0.29) is 6.04 Å². The lowest BCUT2D eigenvalue weighted by molar-refractivity contribution is 0.382. The Morgan fingerprint density at radius 1 is 1.32 bits per heavy atom. The fraction of sp³-hybridized carbons (Fsp3) is 0.538. The van der Waals surface area contributed by atoms with Crippen LogP contribution in [0.4, 0.5) is 0 Å². The van der Waals surface area contributed by atoms with Crippen LogP contribution < -0.4 is 10.0 Å². The van der Waals surface area contributed by atoms with E-state index in [1.165, 1.54) is 9.87 Å². The molecular formula is C13H21N3O2S. The van der Waals surface area contributed by atoms with Crippen LogP contribution in [0.25, 0.3) is 0 Å². The fourth-order valence-corrected chi connectivity index (χ4v) is 3.38. The molecule has 1 atom stereocenters. The van der Waals surface area contributed by atoms with Crippen LogP contribution in [0.5, 0.6) is 0 Å². The van der Waals surface area contributed by atoms with E-state index in [1.807, 2.05) is 32.2 Å². The molecule has 0 amide bonds. The number of nitrogens with one attached hydrogen (secondary N) is 2. The Labute approximate surface area is 115 Å². The molecule has 1 aromatic carbocycles. The summed E-state index contributed by atoms with van der Waals surface area (Å²) >= 11 is 0. The molecular weight excluding hydrogens is 262 g/mol. The van der Waals surface area contributed by atoms with Crippen molar-refractivity contribution in [3.05, 3.63) is 35.4 Å². The average Bonchev–Trinajstić information content (AvgIpc) is 2.44. The van der Waals surface area contributed by atoms with Crippen molar-refractivity contribution >= 4 is 10.2 Å². The maximum Gasteiger partial charge on any atom is 0.279 e. The number of hydrogen-bond acceptors (Lipinski definition) is 3. The monoisotopic (exact) mass is 283 g/mol. The van der Waals surface area contributed by atoms with Gasteiger partial charge in [-0.3, -0.25) is 0 Å². The van der Waals surface area contributed by atoms with Gasteiger partial charge in [0.1, 0.15) is 0 Å². The van der Waals surface area contributed by atoms with E-state index < -0.39 is 10.2 Å². The Bertz CT molecular complexity index is 530. The summed E-state index contributed by atoms with van der Waals surface area (Å²) in [6.07, 6.45) is 0.776. The quantitative estimate of drug-likeness (QED) is 0.826. The van der Waals surface area contributed by atoms with Crippen molar-refractivity contribution in [1.29, 1.82) is 0 Å². The van der Waals surface area contributed by atoms with Gasteiger partial charge in [-0.2, -0.15) is 12.7 Å². The van der Waals surface area contributed by atoms with Crippen LogP contribution in [-0.2, 0) is 23.2 Å². The standard InChI is InChI=1S/C13H21N3O2S/c1-11(14-2)9-15-19(17,18)16-8-7-12-5-3-4-6-13(12)10-16/h3-6,11,14-15H,7-10H2,1-2H3. The molecule has 1 aliphatic heterocycles. The first-order chi connectivity index (χ1) is 9.03. The van der Waals surface area contributed by atoms with Crippen LogP contribution in [-0.4, -0.2) is 38.9 Å². The van der Waals surface area contributed by atoms with Crippen molar-refractivity contribution in [2.45, 2.75) is 25.9 Å². The van der Waals surface area contributed by atoms with Crippen LogP contribution in [0.2, 0.25) is 0 Å². The molecule has 1 heterocycles. The third kappa shape index (κ3) is 3.54. The lowest BCUT2D eigenvalue weighted by Gasteiger charge is -2.28. The van der Waals surface area contributed by atoms with Gasteiger partial charge in [-0.05, 0) is 31.5 Å². The number of rotatable bonds is 5. The van der Waals surface area contributed by atoms with E-state index in [4.69, 9.17) is 0 Å². The molecule has 1 aliphatic rings. The van der Waals surface area contributed by atoms with Gasteiger partial charge in [0.05, 0.1) is 0 Å². The molecule has 0 aromatic heterocycles. The van der Waals surface area contributed by atoms with E-state index in [1.54, 1.807) is 0 Å². The summed E-state index contributed by atoms with van der Waals surface area (Å²) in [5.74, 6) is 0. The predicted octanol–water partition coefficient (Wildman–Crippen LogP) is 0.487. The van der Waals surface area contributed by atoms with Gasteiger partial charge in [0.2, 0.25) is 0 Å². The van der Waals surface area contributed by atoms with Crippen molar-refractivity contribution in [3.63, 3.8) is 0 Å². The van der Waals surface area contributed by atoms with E-state index in [0.29, 0.717) is 19.6 Å². The van der Waals surface area contributed by atoms with Gasteiger partial charge in [0.25, 0.3) is 10.2 Å². The molecule has 106 valence electrons. The molecule has 0 spiro atoms. The Morgan fingerprint density at radius 3 is 2.68 bits per heavy atom. The van der Waals surface area contributed by atoms with E-state index in [9.17, 15) is 8.42 Å². The summed E-state index contributed by atoms with van der Waals surface area (Å²) in [5, 5.41) is 3.01. The number of nitrogens with zero attached hydrogens (tertiary/aromatic N) is 1. The molecule has 0 saturated heterocycles. The number of hydrogen-bond donors (Lipinski definition) is 2. The van der Waals surface area contributed by atoms with E-state index in [0.717, 1.165) is 12.0 Å². The molecule has 1 unspecified atom stereocenters. The number of benzene rings is 1. The van der Waals surface area contributed by atoms with Gasteiger partial charge in [-0.25, -0.2) is 4.72 Å². The van der Waals surface area contributed by atoms with E-state index >= 15 is 0 Å². The summed E-state index contributed by atoms with van der Waals surface area (Å²) in [5.41, 5.74) is 2.35. The minimum Gasteiger partial charge on any atom is -0.316 e. The lowest BCUT2D eigenvalue weighted by Crippen LogP contribution is -2.46. The normalized spacial score (nSPS) is 18.0. The minimum absolute atomic E-state index is 0.117. The van der Waals surface area contributed by atoms with Crippen molar-refractivity contribution < 1.29 is 8.42 Å².